The molecule has 7 heteroatoms. The van der Waals surface area contributed by atoms with Gasteiger partial charge in [0.15, 0.2) is 0 Å². The fraction of sp³-hybridized carbons (Fsp3) is 0.167. The first-order valence-electron chi connectivity index (χ1n) is 9.78. The smallest absolute Gasteiger partial charge is 0.308 e. The molecule has 162 valence electrons. The number of para-hydroxylation sites is 1. The lowest BCUT2D eigenvalue weighted by molar-refractivity contribution is 0.262. The van der Waals surface area contributed by atoms with Crippen molar-refractivity contribution in [2.75, 3.05) is 10.6 Å². The molecule has 2 aromatic carbocycles. The second kappa shape index (κ2) is 11.2. The van der Waals surface area contributed by atoms with E-state index in [-0.39, 0.29) is 11.2 Å². The van der Waals surface area contributed by atoms with Crippen LogP contribution in [0.3, 0.4) is 0 Å². The third-order valence-corrected chi connectivity index (χ3v) is 4.91. The zero-order chi connectivity index (χ0) is 23.0. The molecule has 2 amide bonds. The van der Waals surface area contributed by atoms with Gasteiger partial charge in [-0.2, -0.15) is 0 Å². The molecule has 0 atom stereocenters. The second-order valence-corrected chi connectivity index (χ2v) is 7.56. The summed E-state index contributed by atoms with van der Waals surface area (Å²) in [5.41, 5.74) is 2.81. The van der Waals surface area contributed by atoms with E-state index in [4.69, 9.17) is 0 Å². The lowest BCUT2D eigenvalue weighted by Crippen LogP contribution is -2.25. The topological polar surface area (TPSA) is 68.1 Å². The maximum atomic E-state index is 13.1. The van der Waals surface area contributed by atoms with Crippen molar-refractivity contribution in [3.05, 3.63) is 93.8 Å². The molecule has 3 rings (SSSR count). The molecule has 0 aliphatic carbocycles. The minimum absolute atomic E-state index is 0.236. The molecular weight excluding hydrogens is 456 g/mol. The number of carbonyl (C=O) groups is 1. The van der Waals surface area contributed by atoms with E-state index in [0.29, 0.717) is 11.4 Å². The normalized spacial score (nSPS) is 10.7. The number of hydrogen-bond acceptors (Lipinski definition) is 2. The Morgan fingerprint density at radius 3 is 2.16 bits per heavy atom. The summed E-state index contributed by atoms with van der Waals surface area (Å²) in [7, 11) is 0. The Kier molecular flexibility index (Phi) is 8.63. The second-order valence-electron chi connectivity index (χ2n) is 6.65. The Balaban J connectivity index is 0.00000107. The van der Waals surface area contributed by atoms with Crippen LogP contribution in [0.5, 0.6) is 0 Å². The van der Waals surface area contributed by atoms with Crippen molar-refractivity contribution in [2.45, 2.75) is 27.7 Å². The number of urea groups is 1. The first-order chi connectivity index (χ1) is 14.8. The number of anilines is 2. The predicted molar refractivity (Wildman–Crippen MR) is 133 cm³/mol. The minimum Gasteiger partial charge on any atom is -0.308 e. The van der Waals surface area contributed by atoms with Crippen LogP contribution < -0.4 is 16.2 Å². The fourth-order valence-electron chi connectivity index (χ4n) is 2.88. The molecule has 0 aliphatic rings. The molecular formula is C24H27BrN4O2. The van der Waals surface area contributed by atoms with Gasteiger partial charge in [-0.3, -0.25) is 4.79 Å². The van der Waals surface area contributed by atoms with Crippen LogP contribution in [0.2, 0.25) is 0 Å². The maximum absolute atomic E-state index is 13.1. The molecule has 0 radical (unpaired) electrons. The van der Waals surface area contributed by atoms with Gasteiger partial charge in [0.2, 0.25) is 0 Å². The number of carbonyl (C=O) groups excluding carboxylic acids is 1. The van der Waals surface area contributed by atoms with Gasteiger partial charge in [0, 0.05) is 15.9 Å². The number of nitrogens with one attached hydrogen (secondary N) is 2. The standard InChI is InChI=1S/C21H21BrN4O2.C3H6/c1-4-14(2)25-20(27)19(15(3)26(25)18-8-6-5-7-9-18)24-21(28)23-17-12-10-16(22)11-13-17;1-3-2/h4-13H,1-3H3,(H2,23,24,28);3H,1H2,2H3/b14-4+;. The van der Waals surface area contributed by atoms with Crippen molar-refractivity contribution < 1.29 is 4.79 Å². The van der Waals surface area contributed by atoms with E-state index >= 15 is 0 Å². The summed E-state index contributed by atoms with van der Waals surface area (Å²) in [5, 5.41) is 5.45. The van der Waals surface area contributed by atoms with Crippen molar-refractivity contribution >= 4 is 39.0 Å². The van der Waals surface area contributed by atoms with Crippen LogP contribution in [0.4, 0.5) is 16.2 Å². The number of nitrogens with zero attached hydrogens (tertiary/aromatic N) is 2. The van der Waals surface area contributed by atoms with Crippen LogP contribution in [-0.2, 0) is 0 Å². The molecule has 6 nitrogen and oxygen atoms in total. The van der Waals surface area contributed by atoms with Crippen molar-refractivity contribution in [2.24, 2.45) is 0 Å². The van der Waals surface area contributed by atoms with Gasteiger partial charge in [-0.1, -0.05) is 46.3 Å². The highest BCUT2D eigenvalue weighted by atomic mass is 79.9. The Morgan fingerprint density at radius 2 is 1.61 bits per heavy atom. The van der Waals surface area contributed by atoms with Gasteiger partial charge in [0.1, 0.15) is 5.69 Å². The van der Waals surface area contributed by atoms with E-state index in [0.717, 1.165) is 15.9 Å². The molecule has 0 unspecified atom stereocenters. The average molecular weight is 483 g/mol. The minimum atomic E-state index is -0.474. The van der Waals surface area contributed by atoms with Gasteiger partial charge in [0.25, 0.3) is 5.56 Å². The molecule has 0 fully saturated rings. The summed E-state index contributed by atoms with van der Waals surface area (Å²) in [6, 6.07) is 16.3. The monoisotopic (exact) mass is 482 g/mol. The molecule has 3 aromatic rings. The molecule has 0 aliphatic heterocycles. The van der Waals surface area contributed by atoms with Crippen LogP contribution in [0, 0.1) is 6.92 Å². The number of halogens is 1. The first kappa shape index (κ1) is 24.0. The van der Waals surface area contributed by atoms with Crippen LogP contribution in [0.25, 0.3) is 11.4 Å². The van der Waals surface area contributed by atoms with E-state index < -0.39 is 6.03 Å². The average Bonchev–Trinajstić information content (AvgIpc) is 3.00. The number of allylic oxidation sites excluding steroid dienone is 3. The maximum Gasteiger partial charge on any atom is 0.323 e. The van der Waals surface area contributed by atoms with E-state index in [1.165, 1.54) is 0 Å². The van der Waals surface area contributed by atoms with Gasteiger partial charge in [-0.25, -0.2) is 14.2 Å². The quantitative estimate of drug-likeness (QED) is 0.420. The molecule has 2 N–H and O–H groups in total. The van der Waals surface area contributed by atoms with Crippen LogP contribution in [0.15, 0.2) is 82.6 Å². The number of aromatic nitrogens is 2. The summed E-state index contributed by atoms with van der Waals surface area (Å²) >= 11 is 3.36. The highest BCUT2D eigenvalue weighted by Gasteiger charge is 2.20. The van der Waals surface area contributed by atoms with Gasteiger partial charge in [-0.15, -0.1) is 6.58 Å². The molecule has 0 bridgehead atoms. The predicted octanol–water partition coefficient (Wildman–Crippen LogP) is 6.43. The molecule has 31 heavy (non-hydrogen) atoms. The fourth-order valence-corrected chi connectivity index (χ4v) is 3.14. The van der Waals surface area contributed by atoms with Crippen LogP contribution >= 0.6 is 15.9 Å². The van der Waals surface area contributed by atoms with Crippen molar-refractivity contribution in [1.29, 1.82) is 0 Å². The molecule has 0 saturated carbocycles. The van der Waals surface area contributed by atoms with Gasteiger partial charge < -0.3 is 10.6 Å². The van der Waals surface area contributed by atoms with Crippen LogP contribution in [-0.4, -0.2) is 15.4 Å². The lowest BCUT2D eigenvalue weighted by atomic mass is 10.3. The molecule has 0 spiro atoms. The number of amides is 2. The lowest BCUT2D eigenvalue weighted by Gasteiger charge is -2.13. The Hall–Kier alpha value is -3.32. The van der Waals surface area contributed by atoms with Crippen molar-refractivity contribution in [3.8, 4) is 5.69 Å². The summed E-state index contributed by atoms with van der Waals surface area (Å²) in [6.07, 6.45) is 3.60. The summed E-state index contributed by atoms with van der Waals surface area (Å²) in [6.45, 7) is 10.8. The van der Waals surface area contributed by atoms with E-state index in [1.807, 2.05) is 76.2 Å². The number of hydrogen-bond donors (Lipinski definition) is 2. The highest BCUT2D eigenvalue weighted by molar-refractivity contribution is 9.10. The van der Waals surface area contributed by atoms with E-state index in [9.17, 15) is 9.59 Å². The summed E-state index contributed by atoms with van der Waals surface area (Å²) < 4.78 is 4.27. The van der Waals surface area contributed by atoms with Gasteiger partial charge >= 0.3 is 6.03 Å². The molecule has 0 saturated heterocycles. The zero-order valence-electron chi connectivity index (χ0n) is 18.1. The number of benzene rings is 2. The van der Waals surface area contributed by atoms with Crippen molar-refractivity contribution in [1.82, 2.24) is 9.36 Å². The Labute approximate surface area is 191 Å². The van der Waals surface area contributed by atoms with Gasteiger partial charge in [-0.05, 0) is 64.1 Å². The summed E-state index contributed by atoms with van der Waals surface area (Å²) in [4.78, 5) is 25.5. The molecule has 1 heterocycles. The number of rotatable bonds is 4. The van der Waals surface area contributed by atoms with E-state index in [2.05, 4.69) is 33.1 Å². The van der Waals surface area contributed by atoms with Crippen molar-refractivity contribution in [3.63, 3.8) is 0 Å². The highest BCUT2D eigenvalue weighted by Crippen LogP contribution is 2.20. The van der Waals surface area contributed by atoms with E-state index in [1.54, 1.807) is 27.6 Å². The molecule has 1 aromatic heterocycles. The Bertz CT molecular complexity index is 1130. The SMILES string of the molecule is C/C=C(\C)n1c(=O)c(NC(=O)Nc2ccc(Br)cc2)c(C)n1-c1ccccc1.C=CC. The summed E-state index contributed by atoms with van der Waals surface area (Å²) in [5.74, 6) is 0. The third-order valence-electron chi connectivity index (χ3n) is 4.38. The zero-order valence-corrected chi connectivity index (χ0v) is 19.7. The third kappa shape index (κ3) is 5.86. The first-order valence-corrected chi connectivity index (χ1v) is 10.6. The Morgan fingerprint density at radius 1 is 1.03 bits per heavy atom. The van der Waals surface area contributed by atoms with Gasteiger partial charge in [0.05, 0.1) is 11.4 Å². The van der Waals surface area contributed by atoms with Crippen LogP contribution in [0.1, 0.15) is 26.5 Å². The largest absolute Gasteiger partial charge is 0.323 e.